The number of hydrogen-bond donors (Lipinski definition) is 2. The van der Waals surface area contributed by atoms with Crippen LogP contribution >= 0.6 is 0 Å². The van der Waals surface area contributed by atoms with Gasteiger partial charge in [-0.3, -0.25) is 4.79 Å². The quantitative estimate of drug-likeness (QED) is 0.814. The van der Waals surface area contributed by atoms with Crippen LogP contribution in [0.3, 0.4) is 0 Å². The van der Waals surface area contributed by atoms with Crippen molar-refractivity contribution in [2.24, 2.45) is 5.73 Å². The Bertz CT molecular complexity index is 379. The highest BCUT2D eigenvalue weighted by Crippen LogP contribution is 2.08. The Labute approximate surface area is 94.8 Å². The second kappa shape index (κ2) is 5.61. The Morgan fingerprint density at radius 3 is 2.81 bits per heavy atom. The summed E-state index contributed by atoms with van der Waals surface area (Å²) in [6, 6.07) is 4.41. The number of nitrogens with two attached hydrogens (primary N) is 1. The molecule has 0 unspecified atom stereocenters. The van der Waals surface area contributed by atoms with Gasteiger partial charge in [-0.2, -0.15) is 0 Å². The number of rotatable bonds is 4. The zero-order valence-corrected chi connectivity index (χ0v) is 9.59. The van der Waals surface area contributed by atoms with Gasteiger partial charge < -0.3 is 11.1 Å². The minimum Gasteiger partial charge on any atom is -0.351 e. The molecule has 0 saturated carbocycles. The van der Waals surface area contributed by atoms with Gasteiger partial charge in [-0.25, -0.2) is 4.39 Å². The largest absolute Gasteiger partial charge is 0.351 e. The molecule has 1 rings (SSSR count). The third kappa shape index (κ3) is 3.31. The molecule has 0 saturated heterocycles. The summed E-state index contributed by atoms with van der Waals surface area (Å²) in [6.07, 6.45) is 0.591. The van der Waals surface area contributed by atoms with Crippen molar-refractivity contribution in [2.75, 3.05) is 0 Å². The van der Waals surface area contributed by atoms with E-state index in [9.17, 15) is 9.18 Å². The van der Waals surface area contributed by atoms with Gasteiger partial charge in [-0.15, -0.1) is 0 Å². The molecule has 0 heterocycles. The van der Waals surface area contributed by atoms with E-state index in [2.05, 4.69) is 5.32 Å². The molecule has 0 aliphatic carbocycles. The fourth-order valence-corrected chi connectivity index (χ4v) is 1.25. The fourth-order valence-electron chi connectivity index (χ4n) is 1.25. The highest BCUT2D eigenvalue weighted by atomic mass is 19.1. The molecule has 3 N–H and O–H groups in total. The Hall–Kier alpha value is -1.42. The summed E-state index contributed by atoms with van der Waals surface area (Å²) >= 11 is 0. The van der Waals surface area contributed by atoms with Gasteiger partial charge in [0.05, 0.1) is 6.04 Å². The maximum Gasteiger partial charge on any atom is 0.237 e. The highest BCUT2D eigenvalue weighted by Gasteiger charge is 2.10. The van der Waals surface area contributed by atoms with Gasteiger partial charge in [-0.1, -0.05) is 19.1 Å². The zero-order valence-electron chi connectivity index (χ0n) is 9.59. The van der Waals surface area contributed by atoms with Gasteiger partial charge >= 0.3 is 0 Å². The Kier molecular flexibility index (Phi) is 4.43. The van der Waals surface area contributed by atoms with Crippen molar-refractivity contribution in [1.82, 2.24) is 5.32 Å². The van der Waals surface area contributed by atoms with Crippen LogP contribution in [0.4, 0.5) is 4.39 Å². The smallest absolute Gasteiger partial charge is 0.237 e. The molecule has 0 bridgehead atoms. The van der Waals surface area contributed by atoms with E-state index < -0.39 is 6.04 Å². The number of halogens is 1. The third-order valence-electron chi connectivity index (χ3n) is 2.48. The Morgan fingerprint density at radius 2 is 2.25 bits per heavy atom. The molecule has 0 aliphatic heterocycles. The molecule has 0 radical (unpaired) electrons. The van der Waals surface area contributed by atoms with Crippen molar-refractivity contribution in [3.05, 3.63) is 35.1 Å². The molecule has 1 aromatic rings. The highest BCUT2D eigenvalue weighted by molar-refractivity contribution is 5.81. The monoisotopic (exact) mass is 224 g/mol. The van der Waals surface area contributed by atoms with Crippen LogP contribution in [0.25, 0.3) is 0 Å². The molecule has 4 heteroatoms. The van der Waals surface area contributed by atoms with Gasteiger partial charge in [0.15, 0.2) is 0 Å². The lowest BCUT2D eigenvalue weighted by Gasteiger charge is -2.10. The molecular weight excluding hydrogens is 207 g/mol. The van der Waals surface area contributed by atoms with E-state index in [0.29, 0.717) is 18.5 Å². The first kappa shape index (κ1) is 12.6. The lowest BCUT2D eigenvalue weighted by Crippen LogP contribution is -2.39. The van der Waals surface area contributed by atoms with E-state index in [0.717, 1.165) is 5.56 Å². The second-order valence-electron chi connectivity index (χ2n) is 3.82. The minimum atomic E-state index is -0.490. The average Bonchev–Trinajstić information content (AvgIpc) is 2.29. The molecule has 0 spiro atoms. The second-order valence-corrected chi connectivity index (χ2v) is 3.82. The van der Waals surface area contributed by atoms with Gasteiger partial charge in [0.25, 0.3) is 0 Å². The first-order valence-corrected chi connectivity index (χ1v) is 5.33. The topological polar surface area (TPSA) is 55.1 Å². The van der Waals surface area contributed by atoms with E-state index >= 15 is 0 Å². The molecule has 0 aliphatic rings. The molecular formula is C12H17FN2O. The normalized spacial score (nSPS) is 12.2. The molecule has 88 valence electrons. The SMILES string of the molecule is CC[C@H](N)C(=O)NCc1ccc(C)c(F)c1. The van der Waals surface area contributed by atoms with Crippen molar-refractivity contribution in [3.63, 3.8) is 0 Å². The average molecular weight is 224 g/mol. The van der Waals surface area contributed by atoms with Crippen LogP contribution in [0.5, 0.6) is 0 Å². The number of aryl methyl sites for hydroxylation is 1. The Balaban J connectivity index is 2.55. The van der Waals surface area contributed by atoms with Crippen LogP contribution in [0.2, 0.25) is 0 Å². The summed E-state index contributed by atoms with van der Waals surface area (Å²) in [4.78, 5) is 11.4. The lowest BCUT2D eigenvalue weighted by atomic mass is 10.1. The van der Waals surface area contributed by atoms with Crippen molar-refractivity contribution < 1.29 is 9.18 Å². The van der Waals surface area contributed by atoms with Gasteiger partial charge in [0.2, 0.25) is 5.91 Å². The molecule has 3 nitrogen and oxygen atoms in total. The fraction of sp³-hybridized carbons (Fsp3) is 0.417. The van der Waals surface area contributed by atoms with Crippen LogP contribution < -0.4 is 11.1 Å². The van der Waals surface area contributed by atoms with Crippen molar-refractivity contribution >= 4 is 5.91 Å². The predicted molar refractivity (Wildman–Crippen MR) is 61.3 cm³/mol. The van der Waals surface area contributed by atoms with Gasteiger partial charge in [0, 0.05) is 6.54 Å². The van der Waals surface area contributed by atoms with Crippen molar-refractivity contribution in [3.8, 4) is 0 Å². The third-order valence-corrected chi connectivity index (χ3v) is 2.48. The number of amides is 1. The van der Waals surface area contributed by atoms with Crippen LogP contribution in [0, 0.1) is 12.7 Å². The Morgan fingerprint density at radius 1 is 1.56 bits per heavy atom. The number of nitrogens with one attached hydrogen (secondary N) is 1. The van der Waals surface area contributed by atoms with Gasteiger partial charge in [0.1, 0.15) is 5.82 Å². The summed E-state index contributed by atoms with van der Waals surface area (Å²) < 4.78 is 13.2. The minimum absolute atomic E-state index is 0.205. The number of carbonyl (C=O) groups excluding carboxylic acids is 1. The summed E-state index contributed by atoms with van der Waals surface area (Å²) in [5.74, 6) is -0.463. The van der Waals surface area contributed by atoms with E-state index in [1.165, 1.54) is 6.07 Å². The van der Waals surface area contributed by atoms with E-state index in [1.54, 1.807) is 19.1 Å². The molecule has 16 heavy (non-hydrogen) atoms. The van der Waals surface area contributed by atoms with Crippen LogP contribution in [-0.2, 0) is 11.3 Å². The standard InChI is InChI=1S/C12H17FN2O/c1-3-11(14)12(16)15-7-9-5-4-8(2)10(13)6-9/h4-6,11H,3,7,14H2,1-2H3,(H,15,16)/t11-/m0/s1. The number of benzene rings is 1. The molecule has 1 atom stereocenters. The van der Waals surface area contributed by atoms with Crippen LogP contribution in [0.1, 0.15) is 24.5 Å². The van der Waals surface area contributed by atoms with Crippen LogP contribution in [0.15, 0.2) is 18.2 Å². The van der Waals surface area contributed by atoms with Gasteiger partial charge in [-0.05, 0) is 30.5 Å². The molecule has 0 aromatic heterocycles. The summed E-state index contributed by atoms with van der Waals surface area (Å²) in [5, 5.41) is 2.67. The lowest BCUT2D eigenvalue weighted by molar-refractivity contribution is -0.122. The maximum atomic E-state index is 13.2. The maximum absolute atomic E-state index is 13.2. The summed E-state index contributed by atoms with van der Waals surface area (Å²) in [6.45, 7) is 3.85. The first-order valence-electron chi connectivity index (χ1n) is 5.33. The van der Waals surface area contributed by atoms with Crippen molar-refractivity contribution in [1.29, 1.82) is 0 Å². The molecule has 1 amide bonds. The van der Waals surface area contributed by atoms with E-state index in [-0.39, 0.29) is 11.7 Å². The van der Waals surface area contributed by atoms with E-state index in [4.69, 9.17) is 5.73 Å². The van der Waals surface area contributed by atoms with Crippen LogP contribution in [-0.4, -0.2) is 11.9 Å². The first-order chi connectivity index (χ1) is 7.54. The number of hydrogen-bond acceptors (Lipinski definition) is 2. The molecule has 1 aromatic carbocycles. The molecule has 0 fully saturated rings. The summed E-state index contributed by atoms with van der Waals surface area (Å²) in [5.41, 5.74) is 6.88. The predicted octanol–water partition coefficient (Wildman–Crippen LogP) is 1.49. The zero-order chi connectivity index (χ0) is 12.1. The van der Waals surface area contributed by atoms with E-state index in [1.807, 2.05) is 6.92 Å². The van der Waals surface area contributed by atoms with Crippen molar-refractivity contribution in [2.45, 2.75) is 32.9 Å². The summed E-state index contributed by atoms with van der Waals surface area (Å²) in [7, 11) is 0. The number of carbonyl (C=O) groups is 1.